The molecule has 2 heterocycles. The van der Waals surface area contributed by atoms with Gasteiger partial charge in [0.25, 0.3) is 0 Å². The van der Waals surface area contributed by atoms with Gasteiger partial charge in [-0.25, -0.2) is 4.98 Å². The van der Waals surface area contributed by atoms with Crippen molar-refractivity contribution in [1.82, 2.24) is 19.9 Å². The Hall–Kier alpha value is -3.25. The molecule has 2 aromatic heterocycles. The van der Waals surface area contributed by atoms with Gasteiger partial charge in [0.05, 0.1) is 17.6 Å². The van der Waals surface area contributed by atoms with Gasteiger partial charge in [0.15, 0.2) is 5.11 Å². The predicted molar refractivity (Wildman–Crippen MR) is 113 cm³/mol. The lowest BCUT2D eigenvalue weighted by molar-refractivity contribution is 0.833. The largest absolute Gasteiger partial charge is 0.358 e. The fraction of sp³-hybridized carbons (Fsp3) is 0.0952. The molecule has 134 valence electrons. The van der Waals surface area contributed by atoms with Gasteiger partial charge in [0.1, 0.15) is 0 Å². The van der Waals surface area contributed by atoms with Gasteiger partial charge in [-0.3, -0.25) is 4.98 Å². The molecule has 2 aromatic carbocycles. The fourth-order valence-electron chi connectivity index (χ4n) is 2.93. The summed E-state index contributed by atoms with van der Waals surface area (Å²) in [5, 5.41) is 7.01. The molecule has 0 aliphatic carbocycles. The number of hydrogen-bond acceptors (Lipinski definition) is 3. The predicted octanol–water partition coefficient (Wildman–Crippen LogP) is 3.97. The second kappa shape index (κ2) is 7.97. The highest BCUT2D eigenvalue weighted by Crippen LogP contribution is 2.21. The van der Waals surface area contributed by atoms with Crippen molar-refractivity contribution in [3.63, 3.8) is 0 Å². The molecule has 4 aromatic rings. The molecular formula is C21H19N5S. The summed E-state index contributed by atoms with van der Waals surface area (Å²) in [5.74, 6) is 0.729. The summed E-state index contributed by atoms with van der Waals surface area (Å²) in [4.78, 5) is 8.74. The average Bonchev–Trinajstić information content (AvgIpc) is 3.05. The first-order valence-electron chi connectivity index (χ1n) is 8.72. The molecule has 0 fully saturated rings. The van der Waals surface area contributed by atoms with Crippen LogP contribution in [-0.4, -0.2) is 19.6 Å². The number of thiocarbonyl (C=S) groups is 1. The minimum Gasteiger partial charge on any atom is -0.358 e. The quantitative estimate of drug-likeness (QED) is 0.519. The SMILES string of the molecule is S=C(NCc1ccncc1)Nc1nc2ccccc2n1Cc1ccccc1. The Labute approximate surface area is 163 Å². The van der Waals surface area contributed by atoms with E-state index in [0.717, 1.165) is 29.1 Å². The van der Waals surface area contributed by atoms with Crippen LogP contribution in [0.4, 0.5) is 5.95 Å². The Morgan fingerprint density at radius 3 is 2.44 bits per heavy atom. The van der Waals surface area contributed by atoms with Gasteiger partial charge in [-0.15, -0.1) is 0 Å². The van der Waals surface area contributed by atoms with E-state index in [2.05, 4.69) is 38.4 Å². The number of aromatic nitrogens is 3. The Morgan fingerprint density at radius 1 is 0.889 bits per heavy atom. The molecule has 0 amide bonds. The van der Waals surface area contributed by atoms with Crippen LogP contribution < -0.4 is 10.6 Å². The second-order valence-corrected chi connectivity index (χ2v) is 6.57. The van der Waals surface area contributed by atoms with Crippen LogP contribution in [0.15, 0.2) is 79.1 Å². The Morgan fingerprint density at radius 2 is 1.63 bits per heavy atom. The average molecular weight is 373 g/mol. The number of fused-ring (bicyclic) bond motifs is 1. The lowest BCUT2D eigenvalue weighted by Crippen LogP contribution is -2.29. The van der Waals surface area contributed by atoms with Crippen LogP contribution in [0.3, 0.4) is 0 Å². The summed E-state index contributed by atoms with van der Waals surface area (Å²) < 4.78 is 2.14. The van der Waals surface area contributed by atoms with E-state index < -0.39 is 0 Å². The van der Waals surface area contributed by atoms with Crippen molar-refractivity contribution < 1.29 is 0 Å². The van der Waals surface area contributed by atoms with E-state index in [1.807, 2.05) is 48.5 Å². The van der Waals surface area contributed by atoms with Crippen LogP contribution in [0.2, 0.25) is 0 Å². The van der Waals surface area contributed by atoms with E-state index in [9.17, 15) is 0 Å². The van der Waals surface area contributed by atoms with Crippen LogP contribution in [0, 0.1) is 0 Å². The summed E-state index contributed by atoms with van der Waals surface area (Å²) in [6, 6.07) is 22.3. The Kier molecular flexibility index (Phi) is 5.07. The summed E-state index contributed by atoms with van der Waals surface area (Å²) in [7, 11) is 0. The number of nitrogens with zero attached hydrogens (tertiary/aromatic N) is 3. The third kappa shape index (κ3) is 4.12. The zero-order valence-electron chi connectivity index (χ0n) is 14.7. The van der Waals surface area contributed by atoms with Gasteiger partial charge in [-0.05, 0) is 47.6 Å². The first kappa shape index (κ1) is 17.2. The van der Waals surface area contributed by atoms with Gasteiger partial charge in [0.2, 0.25) is 5.95 Å². The summed E-state index contributed by atoms with van der Waals surface area (Å²) >= 11 is 5.47. The number of pyridine rings is 1. The van der Waals surface area contributed by atoms with Crippen LogP contribution in [0.5, 0.6) is 0 Å². The molecular weight excluding hydrogens is 354 g/mol. The van der Waals surface area contributed by atoms with Crippen molar-refractivity contribution in [1.29, 1.82) is 0 Å². The van der Waals surface area contributed by atoms with Crippen molar-refractivity contribution in [2.75, 3.05) is 5.32 Å². The first-order valence-corrected chi connectivity index (χ1v) is 9.13. The van der Waals surface area contributed by atoms with Gasteiger partial charge >= 0.3 is 0 Å². The number of benzene rings is 2. The van der Waals surface area contributed by atoms with Crippen LogP contribution in [0.25, 0.3) is 11.0 Å². The maximum atomic E-state index is 5.47. The molecule has 27 heavy (non-hydrogen) atoms. The lowest BCUT2D eigenvalue weighted by atomic mass is 10.2. The summed E-state index contributed by atoms with van der Waals surface area (Å²) in [6.07, 6.45) is 3.54. The smallest absolute Gasteiger partial charge is 0.210 e. The molecule has 0 saturated heterocycles. The third-order valence-corrected chi connectivity index (χ3v) is 4.51. The maximum absolute atomic E-state index is 5.47. The van der Waals surface area contributed by atoms with Crippen molar-refractivity contribution in [2.45, 2.75) is 13.1 Å². The monoisotopic (exact) mass is 373 g/mol. The second-order valence-electron chi connectivity index (χ2n) is 6.16. The van der Waals surface area contributed by atoms with Crippen molar-refractivity contribution in [2.24, 2.45) is 0 Å². The molecule has 0 aliphatic rings. The van der Waals surface area contributed by atoms with Crippen molar-refractivity contribution in [3.05, 3.63) is 90.3 Å². The van der Waals surface area contributed by atoms with E-state index >= 15 is 0 Å². The zero-order valence-corrected chi connectivity index (χ0v) is 15.5. The highest BCUT2D eigenvalue weighted by atomic mass is 32.1. The third-order valence-electron chi connectivity index (χ3n) is 4.27. The normalized spacial score (nSPS) is 10.7. The van der Waals surface area contributed by atoms with Crippen LogP contribution in [0.1, 0.15) is 11.1 Å². The standard InChI is InChI=1S/C21H19N5S/c27-21(23-14-16-10-12-22-13-11-16)25-20-24-18-8-4-5-9-19(18)26(20)15-17-6-2-1-3-7-17/h1-13H,14-15H2,(H2,23,24,25,27). The van der Waals surface area contributed by atoms with Gasteiger partial charge in [-0.2, -0.15) is 0 Å². The van der Waals surface area contributed by atoms with E-state index in [1.54, 1.807) is 12.4 Å². The van der Waals surface area contributed by atoms with E-state index in [1.165, 1.54) is 5.56 Å². The molecule has 5 nitrogen and oxygen atoms in total. The molecule has 0 spiro atoms. The molecule has 0 radical (unpaired) electrons. The highest BCUT2D eigenvalue weighted by molar-refractivity contribution is 7.80. The molecule has 4 rings (SSSR count). The molecule has 0 aliphatic heterocycles. The molecule has 0 unspecified atom stereocenters. The first-order chi connectivity index (χ1) is 13.3. The van der Waals surface area contributed by atoms with Crippen LogP contribution in [-0.2, 0) is 13.1 Å². The van der Waals surface area contributed by atoms with Gasteiger partial charge in [-0.1, -0.05) is 42.5 Å². The number of rotatable bonds is 5. The molecule has 0 bridgehead atoms. The number of anilines is 1. The molecule has 2 N–H and O–H groups in total. The maximum Gasteiger partial charge on any atom is 0.210 e. The number of hydrogen-bond donors (Lipinski definition) is 2. The van der Waals surface area contributed by atoms with Gasteiger partial charge < -0.3 is 15.2 Å². The van der Waals surface area contributed by atoms with Crippen LogP contribution >= 0.6 is 12.2 Å². The molecule has 0 saturated carbocycles. The number of para-hydroxylation sites is 2. The highest BCUT2D eigenvalue weighted by Gasteiger charge is 2.12. The van der Waals surface area contributed by atoms with E-state index in [0.29, 0.717) is 11.7 Å². The summed E-state index contributed by atoms with van der Waals surface area (Å²) in [5.41, 5.74) is 4.33. The minimum atomic E-state index is 0.538. The molecule has 0 atom stereocenters. The fourth-order valence-corrected chi connectivity index (χ4v) is 3.09. The van der Waals surface area contributed by atoms with Crippen molar-refractivity contribution >= 4 is 34.3 Å². The summed E-state index contributed by atoms with van der Waals surface area (Å²) in [6.45, 7) is 1.35. The topological polar surface area (TPSA) is 54.8 Å². The van der Waals surface area contributed by atoms with Crippen molar-refractivity contribution in [3.8, 4) is 0 Å². The zero-order chi connectivity index (χ0) is 18.5. The number of nitrogens with one attached hydrogen (secondary N) is 2. The Bertz CT molecular complexity index is 1040. The Balaban J connectivity index is 1.55. The van der Waals surface area contributed by atoms with E-state index in [4.69, 9.17) is 17.2 Å². The minimum absolute atomic E-state index is 0.538. The van der Waals surface area contributed by atoms with Gasteiger partial charge in [0, 0.05) is 18.9 Å². The lowest BCUT2D eigenvalue weighted by Gasteiger charge is -2.13. The number of imidazole rings is 1. The molecule has 6 heteroatoms. The van der Waals surface area contributed by atoms with E-state index in [-0.39, 0.29) is 0 Å².